The van der Waals surface area contributed by atoms with Crippen LogP contribution in [0.15, 0.2) is 72.9 Å². The molecule has 0 saturated carbocycles. The lowest BCUT2D eigenvalue weighted by molar-refractivity contribution is 0.866. The monoisotopic (exact) mass is 339 g/mol. The number of rotatable bonds is 4. The quantitative estimate of drug-likeness (QED) is 0.476. The summed E-state index contributed by atoms with van der Waals surface area (Å²) >= 11 is 0. The van der Waals surface area contributed by atoms with Gasteiger partial charge in [-0.25, -0.2) is 9.97 Å². The van der Waals surface area contributed by atoms with Crippen LogP contribution in [0.5, 0.6) is 0 Å². The van der Waals surface area contributed by atoms with Gasteiger partial charge in [-0.2, -0.15) is 0 Å². The second kappa shape index (κ2) is 6.96. The lowest BCUT2D eigenvalue weighted by Gasteiger charge is -2.06. The minimum atomic E-state index is 0.543. The lowest BCUT2D eigenvalue weighted by atomic mass is 10.0. The van der Waals surface area contributed by atoms with Gasteiger partial charge in [0.2, 0.25) is 0 Å². The molecule has 26 heavy (non-hydrogen) atoms. The van der Waals surface area contributed by atoms with E-state index < -0.39 is 0 Å². The number of para-hydroxylation sites is 2. The van der Waals surface area contributed by atoms with Crippen molar-refractivity contribution in [3.8, 4) is 5.82 Å². The fraction of sp³-hybridized carbons (Fsp3) is 0.130. The van der Waals surface area contributed by atoms with Crippen molar-refractivity contribution in [1.29, 1.82) is 0 Å². The summed E-state index contributed by atoms with van der Waals surface area (Å²) in [6, 6.07) is 22.7. The third kappa shape index (κ3) is 3.16. The molecule has 0 fully saturated rings. The van der Waals surface area contributed by atoms with E-state index in [-0.39, 0.29) is 0 Å². The van der Waals surface area contributed by atoms with Gasteiger partial charge < -0.3 is 0 Å². The molecule has 0 aliphatic heterocycles. The van der Waals surface area contributed by atoms with E-state index in [1.165, 1.54) is 5.56 Å². The van der Waals surface area contributed by atoms with Crippen LogP contribution in [-0.2, 0) is 0 Å². The Morgan fingerprint density at radius 2 is 1.62 bits per heavy atom. The van der Waals surface area contributed by atoms with Crippen LogP contribution < -0.4 is 0 Å². The van der Waals surface area contributed by atoms with E-state index in [2.05, 4.69) is 65.9 Å². The standard InChI is InChI=1S/C23H21N3/c1-17(2)19-13-10-18(11-14-19)12-15-23-25-20-7-3-4-8-21(20)26(23)22-9-5-6-16-24-22/h3-17H,1-2H3. The van der Waals surface area contributed by atoms with Gasteiger partial charge in [-0.3, -0.25) is 4.57 Å². The number of hydrogen-bond acceptors (Lipinski definition) is 2. The van der Waals surface area contributed by atoms with Crippen molar-refractivity contribution in [2.24, 2.45) is 0 Å². The molecule has 0 amide bonds. The van der Waals surface area contributed by atoms with E-state index in [0.29, 0.717) is 5.92 Å². The molecule has 0 radical (unpaired) electrons. The average molecular weight is 339 g/mol. The van der Waals surface area contributed by atoms with Crippen molar-refractivity contribution in [3.63, 3.8) is 0 Å². The van der Waals surface area contributed by atoms with Crippen molar-refractivity contribution in [2.45, 2.75) is 19.8 Å². The smallest absolute Gasteiger partial charge is 0.139 e. The van der Waals surface area contributed by atoms with Crippen LogP contribution in [-0.4, -0.2) is 14.5 Å². The molecule has 0 unspecified atom stereocenters. The second-order valence-electron chi connectivity index (χ2n) is 6.64. The largest absolute Gasteiger partial charge is 0.277 e. The molecule has 0 N–H and O–H groups in total. The number of nitrogens with zero attached hydrogens (tertiary/aromatic N) is 3. The minimum Gasteiger partial charge on any atom is -0.277 e. The molecule has 0 aliphatic carbocycles. The Kier molecular flexibility index (Phi) is 4.36. The van der Waals surface area contributed by atoms with Gasteiger partial charge in [0, 0.05) is 6.20 Å². The van der Waals surface area contributed by atoms with E-state index in [1.54, 1.807) is 0 Å². The fourth-order valence-electron chi connectivity index (χ4n) is 3.05. The van der Waals surface area contributed by atoms with Gasteiger partial charge in [0.25, 0.3) is 0 Å². The zero-order valence-corrected chi connectivity index (χ0v) is 15.0. The SMILES string of the molecule is CC(C)c1ccc(C=Cc2nc3ccccc3n2-c2ccccn2)cc1. The molecule has 0 aliphatic rings. The van der Waals surface area contributed by atoms with E-state index in [9.17, 15) is 0 Å². The van der Waals surface area contributed by atoms with Crippen LogP contribution in [0.2, 0.25) is 0 Å². The number of aromatic nitrogens is 3. The highest BCUT2D eigenvalue weighted by Crippen LogP contribution is 2.22. The van der Waals surface area contributed by atoms with Gasteiger partial charge in [-0.1, -0.05) is 62.4 Å². The van der Waals surface area contributed by atoms with Gasteiger partial charge in [-0.15, -0.1) is 0 Å². The Labute approximate surface area is 153 Å². The molecule has 0 saturated heterocycles. The molecule has 2 aromatic heterocycles. The fourth-order valence-corrected chi connectivity index (χ4v) is 3.05. The Balaban J connectivity index is 1.76. The highest BCUT2D eigenvalue weighted by Gasteiger charge is 2.10. The highest BCUT2D eigenvalue weighted by atomic mass is 15.1. The summed E-state index contributed by atoms with van der Waals surface area (Å²) in [5.74, 6) is 2.29. The Morgan fingerprint density at radius 1 is 0.846 bits per heavy atom. The van der Waals surface area contributed by atoms with Crippen molar-refractivity contribution in [2.75, 3.05) is 0 Å². The third-order valence-corrected chi connectivity index (χ3v) is 4.49. The summed E-state index contributed by atoms with van der Waals surface area (Å²) in [4.78, 5) is 9.29. The summed E-state index contributed by atoms with van der Waals surface area (Å²) < 4.78 is 2.09. The van der Waals surface area contributed by atoms with Crippen molar-refractivity contribution < 1.29 is 0 Å². The zero-order chi connectivity index (χ0) is 17.9. The average Bonchev–Trinajstić information content (AvgIpc) is 3.05. The predicted octanol–water partition coefficient (Wildman–Crippen LogP) is 5.71. The molecular formula is C23H21N3. The van der Waals surface area contributed by atoms with Crippen LogP contribution in [0, 0.1) is 0 Å². The molecule has 4 aromatic rings. The summed E-state index contributed by atoms with van der Waals surface area (Å²) in [5, 5.41) is 0. The van der Waals surface area contributed by atoms with Crippen LogP contribution in [0.3, 0.4) is 0 Å². The van der Waals surface area contributed by atoms with Gasteiger partial charge in [0.05, 0.1) is 11.0 Å². The topological polar surface area (TPSA) is 30.7 Å². The Morgan fingerprint density at radius 3 is 2.35 bits per heavy atom. The first-order valence-electron chi connectivity index (χ1n) is 8.89. The molecule has 0 spiro atoms. The Bertz CT molecular complexity index is 1040. The molecule has 128 valence electrons. The number of benzene rings is 2. The summed E-state index contributed by atoms with van der Waals surface area (Å²) in [6.45, 7) is 4.42. The van der Waals surface area contributed by atoms with Gasteiger partial charge in [0.1, 0.15) is 11.6 Å². The van der Waals surface area contributed by atoms with Gasteiger partial charge in [-0.05, 0) is 47.4 Å². The van der Waals surface area contributed by atoms with Crippen molar-refractivity contribution >= 4 is 23.2 Å². The third-order valence-electron chi connectivity index (χ3n) is 4.49. The second-order valence-corrected chi connectivity index (χ2v) is 6.64. The van der Waals surface area contributed by atoms with E-state index in [0.717, 1.165) is 28.2 Å². The predicted molar refractivity (Wildman–Crippen MR) is 108 cm³/mol. The maximum absolute atomic E-state index is 4.79. The lowest BCUT2D eigenvalue weighted by Crippen LogP contribution is -1.99. The van der Waals surface area contributed by atoms with Crippen molar-refractivity contribution in [3.05, 3.63) is 89.9 Å². The normalized spacial score (nSPS) is 11.7. The van der Waals surface area contributed by atoms with Crippen molar-refractivity contribution in [1.82, 2.24) is 14.5 Å². The zero-order valence-electron chi connectivity index (χ0n) is 15.0. The highest BCUT2D eigenvalue weighted by molar-refractivity contribution is 5.81. The summed E-state index contributed by atoms with van der Waals surface area (Å²) in [7, 11) is 0. The van der Waals surface area contributed by atoms with Crippen LogP contribution >= 0.6 is 0 Å². The number of imidazole rings is 1. The number of fused-ring (bicyclic) bond motifs is 1. The Hall–Kier alpha value is -3.20. The molecule has 3 nitrogen and oxygen atoms in total. The minimum absolute atomic E-state index is 0.543. The first kappa shape index (κ1) is 16.3. The molecule has 2 heterocycles. The van der Waals surface area contributed by atoms with Crippen LogP contribution in [0.25, 0.3) is 29.0 Å². The maximum Gasteiger partial charge on any atom is 0.139 e. The molecular weight excluding hydrogens is 318 g/mol. The summed E-state index contributed by atoms with van der Waals surface area (Å²) in [5.41, 5.74) is 4.53. The first-order valence-corrected chi connectivity index (χ1v) is 8.89. The first-order chi connectivity index (χ1) is 12.7. The van der Waals surface area contributed by atoms with Crippen LogP contribution in [0.4, 0.5) is 0 Å². The molecule has 3 heteroatoms. The molecule has 4 rings (SSSR count). The van der Waals surface area contributed by atoms with Gasteiger partial charge >= 0.3 is 0 Å². The molecule has 0 atom stereocenters. The maximum atomic E-state index is 4.79. The van der Waals surface area contributed by atoms with E-state index in [1.807, 2.05) is 42.6 Å². The number of hydrogen-bond donors (Lipinski definition) is 0. The number of pyridine rings is 1. The molecule has 0 bridgehead atoms. The van der Waals surface area contributed by atoms with E-state index in [4.69, 9.17) is 4.98 Å². The van der Waals surface area contributed by atoms with Crippen LogP contribution in [0.1, 0.15) is 36.7 Å². The molecule has 2 aromatic carbocycles. The van der Waals surface area contributed by atoms with Gasteiger partial charge in [0.15, 0.2) is 0 Å². The van der Waals surface area contributed by atoms with E-state index >= 15 is 0 Å². The summed E-state index contributed by atoms with van der Waals surface area (Å²) in [6.07, 6.45) is 5.96.